The third-order valence-electron chi connectivity index (χ3n) is 8.88. The van der Waals surface area contributed by atoms with Crippen molar-refractivity contribution < 1.29 is 39.1 Å². The van der Waals surface area contributed by atoms with E-state index in [0.29, 0.717) is 51.2 Å². The molecule has 0 aromatic heterocycles. The molecule has 7 unspecified atom stereocenters. The minimum absolute atomic E-state index is 0.0827. The highest BCUT2D eigenvalue weighted by atomic mass is 16.6. The third-order valence-corrected chi connectivity index (χ3v) is 8.88. The Bertz CT molecular complexity index is 751. The normalized spacial score (nSPS) is 43.9. The van der Waals surface area contributed by atoms with Gasteiger partial charge in [-0.05, 0) is 62.9 Å². The van der Waals surface area contributed by atoms with Gasteiger partial charge in [-0.15, -0.1) is 0 Å². The average molecular weight is 495 g/mol. The van der Waals surface area contributed by atoms with Crippen molar-refractivity contribution in [3.05, 3.63) is 12.2 Å². The third kappa shape index (κ3) is 5.84. The van der Waals surface area contributed by atoms with Crippen molar-refractivity contribution in [2.75, 3.05) is 19.8 Å². The van der Waals surface area contributed by atoms with Gasteiger partial charge in [0, 0.05) is 37.9 Å². The van der Waals surface area contributed by atoms with E-state index in [1.165, 1.54) is 0 Å². The van der Waals surface area contributed by atoms with Crippen LogP contribution in [0.3, 0.4) is 0 Å². The number of aliphatic hydroxyl groups is 3. The topological polar surface area (TPSA) is 115 Å². The molecule has 4 saturated heterocycles. The van der Waals surface area contributed by atoms with Crippen molar-refractivity contribution in [2.45, 2.75) is 113 Å². The fraction of sp³-hybridized carbons (Fsp3) is 0.889. The van der Waals surface area contributed by atoms with Gasteiger partial charge in [0.1, 0.15) is 11.9 Å². The smallest absolute Gasteiger partial charge is 0.135 e. The van der Waals surface area contributed by atoms with Crippen LogP contribution in [0.5, 0.6) is 0 Å². The summed E-state index contributed by atoms with van der Waals surface area (Å²) < 4.78 is 23.5. The maximum atomic E-state index is 12.5. The highest BCUT2D eigenvalue weighted by Crippen LogP contribution is 2.49. The van der Waals surface area contributed by atoms with Crippen molar-refractivity contribution in [1.82, 2.24) is 0 Å². The Balaban J connectivity index is 1.06. The Morgan fingerprint density at radius 2 is 1.83 bits per heavy atom. The zero-order valence-electron chi connectivity index (χ0n) is 20.6. The Morgan fingerprint density at radius 1 is 1.00 bits per heavy atom. The summed E-state index contributed by atoms with van der Waals surface area (Å²) in [6.07, 6.45) is 4.06. The molecular formula is C27H42O8. The Hall–Kier alpha value is -0.870. The highest BCUT2D eigenvalue weighted by molar-refractivity contribution is 5.79. The molecule has 5 fully saturated rings. The summed E-state index contributed by atoms with van der Waals surface area (Å²) in [6, 6.07) is 0. The van der Waals surface area contributed by atoms with Crippen LogP contribution in [0, 0.1) is 17.8 Å². The molecule has 11 atom stereocenters. The minimum Gasteiger partial charge on any atom is -0.393 e. The SMILES string of the molecule is C=C1CO[C@@H](CC[C@@H](O)CC[C@@H]2C(O)C3C2OC2CCC(CC(=O)CC4CCOC4)OC2[C@@H]3O)C1. The van der Waals surface area contributed by atoms with Crippen molar-refractivity contribution in [2.24, 2.45) is 17.8 Å². The van der Waals surface area contributed by atoms with Crippen molar-refractivity contribution in [3.63, 3.8) is 0 Å². The lowest BCUT2D eigenvalue weighted by atomic mass is 9.61. The van der Waals surface area contributed by atoms with Crippen LogP contribution in [0.25, 0.3) is 0 Å². The van der Waals surface area contributed by atoms with E-state index < -0.39 is 24.4 Å². The Labute approximate surface area is 208 Å². The summed E-state index contributed by atoms with van der Waals surface area (Å²) in [7, 11) is 0. The van der Waals surface area contributed by atoms with E-state index in [0.717, 1.165) is 44.3 Å². The Kier molecular flexibility index (Phi) is 8.28. The van der Waals surface area contributed by atoms with Gasteiger partial charge in [-0.25, -0.2) is 0 Å². The summed E-state index contributed by atoms with van der Waals surface area (Å²) in [5.74, 6) is 0.0571. The van der Waals surface area contributed by atoms with E-state index >= 15 is 0 Å². The Morgan fingerprint density at radius 3 is 2.57 bits per heavy atom. The van der Waals surface area contributed by atoms with Gasteiger partial charge in [-0.2, -0.15) is 0 Å². The molecule has 0 aromatic rings. The number of aliphatic hydroxyl groups excluding tert-OH is 3. The summed E-state index contributed by atoms with van der Waals surface area (Å²) in [4.78, 5) is 12.5. The minimum atomic E-state index is -0.802. The zero-order valence-corrected chi connectivity index (χ0v) is 20.6. The lowest BCUT2D eigenvalue weighted by Crippen LogP contribution is -2.70. The number of rotatable bonds is 10. The van der Waals surface area contributed by atoms with Gasteiger partial charge in [0.15, 0.2) is 0 Å². The van der Waals surface area contributed by atoms with Crippen LogP contribution in [0.1, 0.15) is 64.2 Å². The molecule has 1 aliphatic carbocycles. The lowest BCUT2D eigenvalue weighted by molar-refractivity contribution is -0.318. The van der Waals surface area contributed by atoms with E-state index in [4.69, 9.17) is 18.9 Å². The lowest BCUT2D eigenvalue weighted by Gasteiger charge is -2.59. The summed E-state index contributed by atoms with van der Waals surface area (Å²) in [5.41, 5.74) is 1.11. The molecule has 0 amide bonds. The van der Waals surface area contributed by atoms with Crippen LogP contribution >= 0.6 is 0 Å². The summed E-state index contributed by atoms with van der Waals surface area (Å²) in [6.45, 7) is 5.97. The molecule has 5 rings (SSSR count). The largest absolute Gasteiger partial charge is 0.393 e. The average Bonchev–Trinajstić information content (AvgIpc) is 3.49. The maximum Gasteiger partial charge on any atom is 0.135 e. The quantitative estimate of drug-likeness (QED) is 0.395. The van der Waals surface area contributed by atoms with Gasteiger partial charge in [-0.1, -0.05) is 6.58 Å². The fourth-order valence-electron chi connectivity index (χ4n) is 6.82. The predicted octanol–water partition coefficient (Wildman–Crippen LogP) is 1.92. The van der Waals surface area contributed by atoms with E-state index in [9.17, 15) is 20.1 Å². The molecule has 0 aromatic carbocycles. The number of fused-ring (bicyclic) bond motifs is 2. The second kappa shape index (κ2) is 11.3. The van der Waals surface area contributed by atoms with Gasteiger partial charge in [0.25, 0.3) is 0 Å². The molecule has 8 heteroatoms. The van der Waals surface area contributed by atoms with E-state index in [1.54, 1.807) is 0 Å². The van der Waals surface area contributed by atoms with Gasteiger partial charge in [0.2, 0.25) is 0 Å². The van der Waals surface area contributed by atoms with Crippen LogP contribution in [0.4, 0.5) is 0 Å². The van der Waals surface area contributed by atoms with E-state index in [1.807, 2.05) is 0 Å². The molecule has 0 radical (unpaired) electrons. The molecule has 0 spiro atoms. The number of ether oxygens (including phenoxy) is 4. The molecule has 0 bridgehead atoms. The van der Waals surface area contributed by atoms with Crippen LogP contribution < -0.4 is 0 Å². The highest BCUT2D eigenvalue weighted by Gasteiger charge is 2.61. The van der Waals surface area contributed by atoms with Crippen molar-refractivity contribution >= 4 is 5.78 Å². The molecular weight excluding hydrogens is 452 g/mol. The molecule has 8 nitrogen and oxygen atoms in total. The van der Waals surface area contributed by atoms with Crippen LogP contribution in [-0.2, 0) is 23.7 Å². The molecule has 5 aliphatic rings. The number of carbonyl (C=O) groups excluding carboxylic acids is 1. The number of hydrogen-bond acceptors (Lipinski definition) is 8. The summed E-state index contributed by atoms with van der Waals surface area (Å²) in [5, 5.41) is 32.3. The fourth-order valence-corrected chi connectivity index (χ4v) is 6.82. The van der Waals surface area contributed by atoms with Gasteiger partial charge < -0.3 is 34.3 Å². The number of carbonyl (C=O) groups is 1. The van der Waals surface area contributed by atoms with Gasteiger partial charge >= 0.3 is 0 Å². The second-order valence-electron chi connectivity index (χ2n) is 11.5. The maximum absolute atomic E-state index is 12.5. The molecule has 198 valence electrons. The molecule has 4 heterocycles. The molecule has 1 saturated carbocycles. The summed E-state index contributed by atoms with van der Waals surface area (Å²) >= 11 is 0. The zero-order chi connectivity index (χ0) is 24.5. The number of ketones is 1. The first-order chi connectivity index (χ1) is 16.9. The van der Waals surface area contributed by atoms with Crippen molar-refractivity contribution in [1.29, 1.82) is 0 Å². The molecule has 4 aliphatic heterocycles. The van der Waals surface area contributed by atoms with Crippen molar-refractivity contribution in [3.8, 4) is 0 Å². The molecule has 3 N–H and O–H groups in total. The first-order valence-corrected chi connectivity index (χ1v) is 13.6. The molecule has 35 heavy (non-hydrogen) atoms. The van der Waals surface area contributed by atoms with Gasteiger partial charge in [0.05, 0.1) is 49.3 Å². The van der Waals surface area contributed by atoms with Crippen LogP contribution in [0.2, 0.25) is 0 Å². The van der Waals surface area contributed by atoms with Crippen LogP contribution in [0.15, 0.2) is 12.2 Å². The predicted molar refractivity (Wildman–Crippen MR) is 127 cm³/mol. The van der Waals surface area contributed by atoms with E-state index in [-0.39, 0.29) is 42.0 Å². The number of hydrogen-bond donors (Lipinski definition) is 3. The van der Waals surface area contributed by atoms with Gasteiger partial charge in [-0.3, -0.25) is 4.79 Å². The second-order valence-corrected chi connectivity index (χ2v) is 11.5. The monoisotopic (exact) mass is 494 g/mol. The standard InChI is InChI=1S/C27H42O8/c1-15-10-19(33-13-15)4-2-17(28)3-6-21-24(30)23-25(31)27-22(35-26(21)23)7-5-20(34-27)12-18(29)11-16-8-9-32-14-16/h16-17,19-28,30-31H,1-14H2/t16?,17-,19+,20?,21-,22?,23?,24?,25-,26?,27?/m1/s1. The van der Waals surface area contributed by atoms with E-state index in [2.05, 4.69) is 6.58 Å². The van der Waals surface area contributed by atoms with Crippen LogP contribution in [-0.4, -0.2) is 89.8 Å². The first-order valence-electron chi connectivity index (χ1n) is 13.6. The number of Topliss-reactive ketones (excluding diaryl/α,β-unsaturated/α-hetero) is 1. The first kappa shape index (κ1) is 25.8.